The second-order valence-electron chi connectivity index (χ2n) is 5.23. The van der Waals surface area contributed by atoms with E-state index in [0.29, 0.717) is 5.01 Å². The fraction of sp³-hybridized carbons (Fsp3) is 0.125. The summed E-state index contributed by atoms with van der Waals surface area (Å²) in [6, 6.07) is 13.4. The van der Waals surface area contributed by atoms with Gasteiger partial charge < -0.3 is 0 Å². The Morgan fingerprint density at radius 1 is 1.08 bits per heavy atom. The van der Waals surface area contributed by atoms with Gasteiger partial charge in [0.15, 0.2) is 0 Å². The minimum atomic E-state index is -3.77. The number of hydrogen-bond donors (Lipinski definition) is 1. The average Bonchev–Trinajstić information content (AvgIpc) is 2.98. The Hall–Kier alpha value is -2.32. The molecule has 5 nitrogen and oxygen atoms in total. The first-order valence-electron chi connectivity index (χ1n) is 7.07. The summed E-state index contributed by atoms with van der Waals surface area (Å²) in [5, 5.41) is 8.61. The maximum absolute atomic E-state index is 13.6. The lowest BCUT2D eigenvalue weighted by atomic mass is 10.2. The molecule has 124 valence electrons. The minimum absolute atomic E-state index is 0.105. The van der Waals surface area contributed by atoms with Crippen molar-refractivity contribution in [2.45, 2.75) is 12.7 Å². The first-order valence-corrected chi connectivity index (χ1v) is 9.54. The molecule has 3 aromatic rings. The summed E-state index contributed by atoms with van der Waals surface area (Å²) in [5.41, 5.74) is 2.08. The quantitative estimate of drug-likeness (QED) is 0.752. The fourth-order valence-electron chi connectivity index (χ4n) is 2.07. The van der Waals surface area contributed by atoms with Crippen LogP contribution in [0.5, 0.6) is 0 Å². The van der Waals surface area contributed by atoms with Crippen molar-refractivity contribution < 1.29 is 12.8 Å². The Morgan fingerprint density at radius 3 is 2.50 bits per heavy atom. The Kier molecular flexibility index (Phi) is 4.59. The summed E-state index contributed by atoms with van der Waals surface area (Å²) in [5.74, 6) is -1.01. The Labute approximate surface area is 143 Å². The molecule has 1 aromatic heterocycles. The van der Waals surface area contributed by atoms with Gasteiger partial charge in [-0.3, -0.25) is 4.72 Å². The Balaban J connectivity index is 1.76. The lowest BCUT2D eigenvalue weighted by molar-refractivity contribution is 0.591. The lowest BCUT2D eigenvalue weighted by Gasteiger charge is -2.05. The maximum atomic E-state index is 13.6. The van der Waals surface area contributed by atoms with E-state index in [0.717, 1.165) is 22.5 Å². The largest absolute Gasteiger partial charge is 0.257 e. The average molecular weight is 363 g/mol. The Bertz CT molecular complexity index is 953. The van der Waals surface area contributed by atoms with E-state index in [-0.39, 0.29) is 10.7 Å². The zero-order valence-corrected chi connectivity index (χ0v) is 14.4. The highest BCUT2D eigenvalue weighted by Gasteiger charge is 2.17. The highest BCUT2D eigenvalue weighted by atomic mass is 32.2. The molecule has 0 radical (unpaired) electrons. The van der Waals surface area contributed by atoms with Crippen molar-refractivity contribution in [1.82, 2.24) is 10.2 Å². The van der Waals surface area contributed by atoms with Crippen molar-refractivity contribution in [3.63, 3.8) is 0 Å². The molecule has 0 saturated heterocycles. The number of anilines is 1. The van der Waals surface area contributed by atoms with Gasteiger partial charge in [0.05, 0.1) is 5.75 Å². The van der Waals surface area contributed by atoms with Crippen LogP contribution in [0.2, 0.25) is 0 Å². The zero-order chi connectivity index (χ0) is 17.2. The molecule has 0 aliphatic rings. The van der Waals surface area contributed by atoms with Crippen molar-refractivity contribution >= 4 is 26.5 Å². The number of benzene rings is 2. The van der Waals surface area contributed by atoms with Gasteiger partial charge in [0, 0.05) is 11.1 Å². The van der Waals surface area contributed by atoms with E-state index in [9.17, 15) is 12.8 Å². The van der Waals surface area contributed by atoms with Crippen LogP contribution in [0.3, 0.4) is 0 Å². The van der Waals surface area contributed by atoms with Gasteiger partial charge in [-0.25, -0.2) is 12.8 Å². The fourth-order valence-corrected chi connectivity index (χ4v) is 4.24. The molecule has 1 heterocycles. The number of aromatic nitrogens is 2. The van der Waals surface area contributed by atoms with Crippen molar-refractivity contribution in [2.75, 3.05) is 4.72 Å². The van der Waals surface area contributed by atoms with Crippen LogP contribution in [0, 0.1) is 12.7 Å². The third-order valence-corrected chi connectivity index (χ3v) is 5.48. The molecule has 2 aromatic carbocycles. The van der Waals surface area contributed by atoms with Crippen LogP contribution in [-0.4, -0.2) is 18.6 Å². The van der Waals surface area contributed by atoms with E-state index in [1.807, 2.05) is 31.2 Å². The molecule has 8 heteroatoms. The van der Waals surface area contributed by atoms with Gasteiger partial charge in [0.1, 0.15) is 10.8 Å². The molecule has 0 aliphatic heterocycles. The van der Waals surface area contributed by atoms with Gasteiger partial charge in [0.25, 0.3) is 0 Å². The molecule has 0 aliphatic carbocycles. The van der Waals surface area contributed by atoms with E-state index in [2.05, 4.69) is 14.9 Å². The molecular formula is C16H14FN3O2S2. The second kappa shape index (κ2) is 6.66. The predicted molar refractivity (Wildman–Crippen MR) is 92.7 cm³/mol. The standard InChI is InChI=1S/C16H14FN3O2S2/c1-11-6-8-12(9-7-11)15-18-19-16(23-15)20-24(21,22)10-13-4-2-3-5-14(13)17/h2-9H,10H2,1H3,(H,19,20). The van der Waals surface area contributed by atoms with Gasteiger partial charge in [-0.15, -0.1) is 10.2 Å². The van der Waals surface area contributed by atoms with Crippen LogP contribution < -0.4 is 4.72 Å². The third kappa shape index (κ3) is 3.95. The van der Waals surface area contributed by atoms with Gasteiger partial charge in [-0.1, -0.05) is 59.4 Å². The SMILES string of the molecule is Cc1ccc(-c2nnc(NS(=O)(=O)Cc3ccccc3F)s2)cc1. The summed E-state index contributed by atoms with van der Waals surface area (Å²) in [6.45, 7) is 1.98. The van der Waals surface area contributed by atoms with Gasteiger partial charge >= 0.3 is 0 Å². The molecule has 1 N–H and O–H groups in total. The summed E-state index contributed by atoms with van der Waals surface area (Å²) in [6.07, 6.45) is 0. The van der Waals surface area contributed by atoms with Crippen LogP contribution in [-0.2, 0) is 15.8 Å². The minimum Gasteiger partial charge on any atom is -0.257 e. The predicted octanol–water partition coefficient (Wildman–Crippen LogP) is 3.59. The summed E-state index contributed by atoms with van der Waals surface area (Å²) >= 11 is 1.13. The van der Waals surface area contributed by atoms with Crippen LogP contribution in [0.25, 0.3) is 10.6 Å². The number of nitrogens with zero attached hydrogens (tertiary/aromatic N) is 2. The second-order valence-corrected chi connectivity index (χ2v) is 7.93. The number of rotatable bonds is 5. The third-order valence-electron chi connectivity index (χ3n) is 3.27. The van der Waals surface area contributed by atoms with Crippen molar-refractivity contribution in [3.05, 3.63) is 65.5 Å². The zero-order valence-electron chi connectivity index (χ0n) is 12.7. The smallest absolute Gasteiger partial charge is 0.238 e. The van der Waals surface area contributed by atoms with Gasteiger partial charge in [-0.2, -0.15) is 0 Å². The lowest BCUT2D eigenvalue weighted by Crippen LogP contribution is -2.15. The van der Waals surface area contributed by atoms with E-state index in [4.69, 9.17) is 0 Å². The van der Waals surface area contributed by atoms with Crippen LogP contribution in [0.4, 0.5) is 9.52 Å². The summed E-state index contributed by atoms with van der Waals surface area (Å²) < 4.78 is 40.3. The summed E-state index contributed by atoms with van der Waals surface area (Å²) in [7, 11) is -3.77. The van der Waals surface area contributed by atoms with Gasteiger partial charge in [0.2, 0.25) is 15.2 Å². The van der Waals surface area contributed by atoms with Crippen molar-refractivity contribution in [1.29, 1.82) is 0 Å². The van der Waals surface area contributed by atoms with E-state index in [1.165, 1.54) is 18.2 Å². The highest BCUT2D eigenvalue weighted by molar-refractivity contribution is 7.92. The first kappa shape index (κ1) is 16.5. The first-order chi connectivity index (χ1) is 11.4. The van der Waals surface area contributed by atoms with E-state index in [1.54, 1.807) is 6.07 Å². The maximum Gasteiger partial charge on any atom is 0.238 e. The van der Waals surface area contributed by atoms with Crippen molar-refractivity contribution in [3.8, 4) is 10.6 Å². The van der Waals surface area contributed by atoms with E-state index < -0.39 is 21.6 Å². The molecule has 0 unspecified atom stereocenters. The topological polar surface area (TPSA) is 72.0 Å². The van der Waals surface area contributed by atoms with E-state index >= 15 is 0 Å². The number of aryl methyl sites for hydroxylation is 1. The number of sulfonamides is 1. The normalized spacial score (nSPS) is 11.4. The van der Waals surface area contributed by atoms with Crippen LogP contribution in [0.15, 0.2) is 48.5 Å². The monoisotopic (exact) mass is 363 g/mol. The number of halogens is 1. The highest BCUT2D eigenvalue weighted by Crippen LogP contribution is 2.27. The van der Waals surface area contributed by atoms with Crippen LogP contribution in [0.1, 0.15) is 11.1 Å². The molecular weight excluding hydrogens is 349 g/mol. The molecule has 0 saturated carbocycles. The molecule has 0 bridgehead atoms. The van der Waals surface area contributed by atoms with Crippen LogP contribution >= 0.6 is 11.3 Å². The van der Waals surface area contributed by atoms with Crippen molar-refractivity contribution in [2.24, 2.45) is 0 Å². The molecule has 3 rings (SSSR count). The Morgan fingerprint density at radius 2 is 1.79 bits per heavy atom. The molecule has 0 atom stereocenters. The number of nitrogens with one attached hydrogen (secondary N) is 1. The van der Waals surface area contributed by atoms with Gasteiger partial charge in [-0.05, 0) is 13.0 Å². The molecule has 0 fully saturated rings. The molecule has 24 heavy (non-hydrogen) atoms. The molecule has 0 spiro atoms. The molecule has 0 amide bonds. The number of hydrogen-bond acceptors (Lipinski definition) is 5. The summed E-state index contributed by atoms with van der Waals surface area (Å²) in [4.78, 5) is 0.